The molecule has 1 aliphatic heterocycles. The highest BCUT2D eigenvalue weighted by molar-refractivity contribution is 7.16. The van der Waals surface area contributed by atoms with Gasteiger partial charge < -0.3 is 15.0 Å². The highest BCUT2D eigenvalue weighted by atomic mass is 32.1. The second-order valence-corrected chi connectivity index (χ2v) is 9.19. The van der Waals surface area contributed by atoms with Gasteiger partial charge in [-0.2, -0.15) is 0 Å². The minimum Gasteiger partial charge on any atom is -0.491 e. The number of carbonyl (C=O) groups excluding carboxylic acids is 1. The number of carbonyl (C=O) groups is 1. The summed E-state index contributed by atoms with van der Waals surface area (Å²) in [6.07, 6.45) is 5.62. The maximum absolute atomic E-state index is 12.0. The van der Waals surface area contributed by atoms with Crippen LogP contribution < -0.4 is 10.5 Å². The summed E-state index contributed by atoms with van der Waals surface area (Å²) >= 11 is 1.64. The monoisotopic (exact) mass is 418 g/mol. The van der Waals surface area contributed by atoms with Crippen LogP contribution in [0.4, 0.5) is 0 Å². The summed E-state index contributed by atoms with van der Waals surface area (Å²) in [6, 6.07) is 8.35. The smallest absolute Gasteiger partial charge is 0.221 e. The van der Waals surface area contributed by atoms with Gasteiger partial charge in [-0.15, -0.1) is 11.3 Å². The molecule has 1 atom stereocenters. The van der Waals surface area contributed by atoms with Gasteiger partial charge >= 0.3 is 0 Å². The lowest BCUT2D eigenvalue weighted by molar-refractivity contribution is -0.122. The standard InChI is InChI=1S/C23H22N4O2S/c24-21(28)17(14-2-3-14)10-13-11-18-20-19(12-13)29-8-1-7-27(20)22(26-18)15-4-6-25-23-16(15)5-9-30-23/h4-6,9,11-12,14,17H,1-3,7-8,10H2,(H2,24,28)/t17-/m0/s1. The van der Waals surface area contributed by atoms with Gasteiger partial charge in [0.2, 0.25) is 5.91 Å². The number of rotatable bonds is 5. The van der Waals surface area contributed by atoms with Gasteiger partial charge in [-0.3, -0.25) is 4.79 Å². The third-order valence-electron chi connectivity index (χ3n) is 6.27. The second-order valence-electron chi connectivity index (χ2n) is 8.30. The molecule has 1 fully saturated rings. The van der Waals surface area contributed by atoms with Crippen molar-refractivity contribution >= 4 is 38.5 Å². The maximum atomic E-state index is 12.0. The number of nitrogens with two attached hydrogens (primary N) is 1. The van der Waals surface area contributed by atoms with E-state index < -0.39 is 0 Å². The molecule has 4 aromatic rings. The molecule has 152 valence electrons. The van der Waals surface area contributed by atoms with Crippen LogP contribution in [0.15, 0.2) is 35.8 Å². The molecule has 3 aromatic heterocycles. The molecule has 4 heterocycles. The summed E-state index contributed by atoms with van der Waals surface area (Å²) in [5, 5.41) is 3.20. The van der Waals surface area contributed by atoms with Crippen LogP contribution in [-0.4, -0.2) is 27.0 Å². The molecule has 1 saturated carbocycles. The number of benzene rings is 1. The van der Waals surface area contributed by atoms with Crippen molar-refractivity contribution in [1.82, 2.24) is 14.5 Å². The first-order chi connectivity index (χ1) is 14.7. The quantitative estimate of drug-likeness (QED) is 0.528. The number of amides is 1. The van der Waals surface area contributed by atoms with Gasteiger partial charge in [0, 0.05) is 29.6 Å². The summed E-state index contributed by atoms with van der Waals surface area (Å²) in [5.74, 6) is 1.93. The number of aryl methyl sites for hydroxylation is 1. The molecule has 6 rings (SSSR count). The van der Waals surface area contributed by atoms with Crippen molar-refractivity contribution in [3.8, 4) is 17.1 Å². The van der Waals surface area contributed by atoms with Gasteiger partial charge in [0.15, 0.2) is 0 Å². The number of ether oxygens (including phenoxy) is 1. The van der Waals surface area contributed by atoms with E-state index in [0.717, 1.165) is 69.8 Å². The maximum Gasteiger partial charge on any atom is 0.221 e. The predicted octanol–water partition coefficient (Wildman–Crippen LogP) is 4.15. The molecule has 0 radical (unpaired) electrons. The van der Waals surface area contributed by atoms with Crippen molar-refractivity contribution in [2.75, 3.05) is 6.61 Å². The summed E-state index contributed by atoms with van der Waals surface area (Å²) in [7, 11) is 0. The Morgan fingerprint density at radius 1 is 1.33 bits per heavy atom. The zero-order valence-corrected chi connectivity index (χ0v) is 17.3. The predicted molar refractivity (Wildman–Crippen MR) is 118 cm³/mol. The first kappa shape index (κ1) is 17.9. The Hall–Kier alpha value is -2.93. The van der Waals surface area contributed by atoms with Crippen LogP contribution in [0.2, 0.25) is 0 Å². The van der Waals surface area contributed by atoms with E-state index in [-0.39, 0.29) is 11.8 Å². The van der Waals surface area contributed by atoms with Crippen molar-refractivity contribution in [3.63, 3.8) is 0 Å². The van der Waals surface area contributed by atoms with Crippen molar-refractivity contribution in [2.45, 2.75) is 32.2 Å². The molecule has 30 heavy (non-hydrogen) atoms. The lowest BCUT2D eigenvalue weighted by Crippen LogP contribution is -2.26. The number of fused-ring (bicyclic) bond motifs is 1. The highest BCUT2D eigenvalue weighted by Crippen LogP contribution is 2.41. The number of imidazole rings is 1. The SMILES string of the molecule is NC(=O)[C@@H](Cc1cc2c3c(c1)nc(-c1ccnc4sccc14)n3CCCO2)C1CC1. The van der Waals surface area contributed by atoms with Gasteiger partial charge in [0.25, 0.3) is 0 Å². The molecule has 0 bridgehead atoms. The summed E-state index contributed by atoms with van der Waals surface area (Å²) in [6.45, 7) is 1.53. The highest BCUT2D eigenvalue weighted by Gasteiger charge is 2.35. The second kappa shape index (κ2) is 6.80. The van der Waals surface area contributed by atoms with E-state index in [0.29, 0.717) is 18.9 Å². The molecular formula is C23H22N4O2S. The zero-order valence-electron chi connectivity index (χ0n) is 16.5. The van der Waals surface area contributed by atoms with E-state index in [2.05, 4.69) is 33.1 Å². The fourth-order valence-electron chi connectivity index (χ4n) is 4.66. The Morgan fingerprint density at radius 3 is 3.07 bits per heavy atom. The minimum absolute atomic E-state index is 0.104. The lowest BCUT2D eigenvalue weighted by atomic mass is 9.94. The number of nitrogens with zero attached hydrogens (tertiary/aromatic N) is 3. The van der Waals surface area contributed by atoms with Gasteiger partial charge in [0.05, 0.1) is 12.1 Å². The molecule has 0 saturated heterocycles. The molecule has 7 heteroatoms. The molecular weight excluding hydrogens is 396 g/mol. The van der Waals surface area contributed by atoms with Gasteiger partial charge in [-0.25, -0.2) is 9.97 Å². The van der Waals surface area contributed by atoms with Gasteiger partial charge in [-0.1, -0.05) is 0 Å². The van der Waals surface area contributed by atoms with E-state index in [9.17, 15) is 4.79 Å². The third-order valence-corrected chi connectivity index (χ3v) is 7.09. The number of hydrogen-bond donors (Lipinski definition) is 1. The van der Waals surface area contributed by atoms with Crippen molar-refractivity contribution in [1.29, 1.82) is 0 Å². The zero-order chi connectivity index (χ0) is 20.2. The van der Waals surface area contributed by atoms with Crippen LogP contribution in [0.25, 0.3) is 32.6 Å². The van der Waals surface area contributed by atoms with Crippen LogP contribution in [0, 0.1) is 11.8 Å². The first-order valence-electron chi connectivity index (χ1n) is 10.5. The number of pyridine rings is 1. The first-order valence-corrected chi connectivity index (χ1v) is 11.3. The topological polar surface area (TPSA) is 83.0 Å². The van der Waals surface area contributed by atoms with Crippen LogP contribution >= 0.6 is 11.3 Å². The minimum atomic E-state index is -0.202. The largest absolute Gasteiger partial charge is 0.491 e. The number of thiophene rings is 1. The molecule has 1 aliphatic carbocycles. The van der Waals surface area contributed by atoms with Crippen LogP contribution in [0.3, 0.4) is 0 Å². The molecule has 1 aromatic carbocycles. The molecule has 1 amide bonds. The van der Waals surface area contributed by atoms with Crippen LogP contribution in [-0.2, 0) is 17.8 Å². The number of hydrogen-bond acceptors (Lipinski definition) is 5. The fourth-order valence-corrected chi connectivity index (χ4v) is 5.42. The summed E-state index contributed by atoms with van der Waals surface area (Å²) in [4.78, 5) is 22.5. The Balaban J connectivity index is 1.51. The van der Waals surface area contributed by atoms with E-state index in [1.54, 1.807) is 11.3 Å². The Kier molecular flexibility index (Phi) is 4.06. The fraction of sp³-hybridized carbons (Fsp3) is 0.348. The molecule has 0 spiro atoms. The van der Waals surface area contributed by atoms with E-state index in [1.165, 1.54) is 0 Å². The lowest BCUT2D eigenvalue weighted by Gasteiger charge is -2.13. The normalized spacial score (nSPS) is 17.1. The summed E-state index contributed by atoms with van der Waals surface area (Å²) in [5.41, 5.74) is 9.82. The van der Waals surface area contributed by atoms with E-state index in [4.69, 9.17) is 15.5 Å². The van der Waals surface area contributed by atoms with Gasteiger partial charge in [0.1, 0.15) is 21.9 Å². The van der Waals surface area contributed by atoms with E-state index in [1.807, 2.05) is 12.3 Å². The van der Waals surface area contributed by atoms with E-state index >= 15 is 0 Å². The van der Waals surface area contributed by atoms with Crippen molar-refractivity contribution in [2.24, 2.45) is 17.6 Å². The Bertz CT molecular complexity index is 1290. The number of primary amides is 1. The Labute approximate surface area is 177 Å². The average molecular weight is 419 g/mol. The number of aromatic nitrogens is 3. The molecule has 6 nitrogen and oxygen atoms in total. The van der Waals surface area contributed by atoms with Crippen LogP contribution in [0.5, 0.6) is 5.75 Å². The van der Waals surface area contributed by atoms with Crippen molar-refractivity contribution < 1.29 is 9.53 Å². The molecule has 0 unspecified atom stereocenters. The molecule has 2 N–H and O–H groups in total. The Morgan fingerprint density at radius 2 is 2.23 bits per heavy atom. The third kappa shape index (κ3) is 2.88. The van der Waals surface area contributed by atoms with Crippen LogP contribution in [0.1, 0.15) is 24.8 Å². The average Bonchev–Trinajstić information content (AvgIpc) is 3.40. The van der Waals surface area contributed by atoms with Crippen molar-refractivity contribution in [3.05, 3.63) is 41.4 Å². The van der Waals surface area contributed by atoms with Gasteiger partial charge in [-0.05, 0) is 66.8 Å². The summed E-state index contributed by atoms with van der Waals surface area (Å²) < 4.78 is 8.39. The molecule has 2 aliphatic rings.